The Morgan fingerprint density at radius 3 is 2.88 bits per heavy atom. The van der Waals surface area contributed by atoms with Crippen LogP contribution in [-0.4, -0.2) is 20.6 Å². The molecule has 1 amide bonds. The lowest BCUT2D eigenvalue weighted by atomic mass is 10.1. The van der Waals surface area contributed by atoms with Gasteiger partial charge in [-0.2, -0.15) is 4.98 Å². The Morgan fingerprint density at radius 2 is 2.12 bits per heavy atom. The molecule has 0 atom stereocenters. The second-order valence-corrected chi connectivity index (χ2v) is 6.55. The van der Waals surface area contributed by atoms with E-state index in [4.69, 9.17) is 10.3 Å². The Hall–Kier alpha value is -3.00. The van der Waals surface area contributed by atoms with E-state index in [0.29, 0.717) is 15.9 Å². The van der Waals surface area contributed by atoms with Gasteiger partial charge in [0.15, 0.2) is 0 Å². The van der Waals surface area contributed by atoms with Crippen LogP contribution >= 0.6 is 15.9 Å². The van der Waals surface area contributed by atoms with Crippen molar-refractivity contribution in [2.45, 2.75) is 6.54 Å². The van der Waals surface area contributed by atoms with Gasteiger partial charge in [0.05, 0.1) is 4.47 Å². The first-order valence-corrected chi connectivity index (χ1v) is 8.48. The smallest absolute Gasteiger partial charge is 0.258 e. The summed E-state index contributed by atoms with van der Waals surface area (Å²) in [7, 11) is 0. The predicted octanol–water partition coefficient (Wildman–Crippen LogP) is 3.75. The van der Waals surface area contributed by atoms with Crippen LogP contribution in [0.4, 0.5) is 4.39 Å². The largest absolute Gasteiger partial charge is 0.368 e. The SMILES string of the molecule is NC(=O)Cn1ccc2c(-c3noc(-c4ccc(F)c(Br)c4)n3)cccc21. The van der Waals surface area contributed by atoms with Gasteiger partial charge < -0.3 is 14.8 Å². The molecule has 0 aliphatic rings. The highest BCUT2D eigenvalue weighted by atomic mass is 79.9. The van der Waals surface area contributed by atoms with Crippen LogP contribution in [0.15, 0.2) is 57.7 Å². The van der Waals surface area contributed by atoms with Crippen molar-refractivity contribution in [2.75, 3.05) is 0 Å². The molecule has 6 nitrogen and oxygen atoms in total. The third-order valence-electron chi connectivity index (χ3n) is 3.97. The molecule has 8 heteroatoms. The van der Waals surface area contributed by atoms with E-state index >= 15 is 0 Å². The lowest BCUT2D eigenvalue weighted by molar-refractivity contribution is -0.118. The number of carbonyl (C=O) groups is 1. The van der Waals surface area contributed by atoms with Gasteiger partial charge in [0, 0.05) is 28.2 Å². The summed E-state index contributed by atoms with van der Waals surface area (Å²) >= 11 is 3.14. The van der Waals surface area contributed by atoms with Crippen molar-refractivity contribution in [1.29, 1.82) is 0 Å². The monoisotopic (exact) mass is 414 g/mol. The number of fused-ring (bicyclic) bond motifs is 1. The summed E-state index contributed by atoms with van der Waals surface area (Å²) < 4.78 is 20.8. The van der Waals surface area contributed by atoms with Gasteiger partial charge in [0.1, 0.15) is 12.4 Å². The molecular weight excluding hydrogens is 403 g/mol. The number of amides is 1. The molecule has 0 saturated heterocycles. The highest BCUT2D eigenvalue weighted by Gasteiger charge is 2.15. The van der Waals surface area contributed by atoms with Crippen LogP contribution in [0.1, 0.15) is 0 Å². The van der Waals surface area contributed by atoms with E-state index in [1.807, 2.05) is 24.3 Å². The van der Waals surface area contributed by atoms with Crippen LogP contribution in [0.5, 0.6) is 0 Å². The molecule has 2 N–H and O–H groups in total. The molecule has 4 aromatic rings. The molecule has 0 saturated carbocycles. The Bertz CT molecular complexity index is 1140. The number of hydrogen-bond acceptors (Lipinski definition) is 4. The van der Waals surface area contributed by atoms with E-state index in [1.54, 1.807) is 22.9 Å². The van der Waals surface area contributed by atoms with E-state index in [2.05, 4.69) is 26.1 Å². The Morgan fingerprint density at radius 1 is 1.27 bits per heavy atom. The molecular formula is C18H12BrFN4O2. The maximum absolute atomic E-state index is 13.4. The highest BCUT2D eigenvalue weighted by Crippen LogP contribution is 2.30. The molecule has 2 heterocycles. The van der Waals surface area contributed by atoms with E-state index < -0.39 is 5.91 Å². The standard InChI is InChI=1S/C18H12BrFN4O2/c19-13-8-10(4-5-14(13)20)18-22-17(23-26-18)12-2-1-3-15-11(12)6-7-24(15)9-16(21)25/h1-8H,9H2,(H2,21,25). The van der Waals surface area contributed by atoms with Gasteiger partial charge in [0.25, 0.3) is 5.89 Å². The predicted molar refractivity (Wildman–Crippen MR) is 97.5 cm³/mol. The van der Waals surface area contributed by atoms with Gasteiger partial charge in [-0.3, -0.25) is 4.79 Å². The van der Waals surface area contributed by atoms with Crippen LogP contribution in [0, 0.1) is 5.82 Å². The topological polar surface area (TPSA) is 86.9 Å². The van der Waals surface area contributed by atoms with Crippen LogP contribution in [0.2, 0.25) is 0 Å². The number of aromatic nitrogens is 3. The van der Waals surface area contributed by atoms with Crippen molar-refractivity contribution < 1.29 is 13.7 Å². The first kappa shape index (κ1) is 16.5. The zero-order valence-corrected chi connectivity index (χ0v) is 14.9. The highest BCUT2D eigenvalue weighted by molar-refractivity contribution is 9.10. The van der Waals surface area contributed by atoms with Crippen molar-refractivity contribution in [2.24, 2.45) is 5.73 Å². The van der Waals surface area contributed by atoms with Crippen LogP contribution in [0.3, 0.4) is 0 Å². The summed E-state index contributed by atoms with van der Waals surface area (Å²) in [5.74, 6) is -0.0946. The molecule has 0 unspecified atom stereocenters. The molecule has 130 valence electrons. The molecule has 0 aliphatic carbocycles. The maximum atomic E-state index is 13.4. The fourth-order valence-corrected chi connectivity index (χ4v) is 3.18. The minimum Gasteiger partial charge on any atom is -0.368 e. The van der Waals surface area contributed by atoms with Gasteiger partial charge in [0.2, 0.25) is 11.7 Å². The summed E-state index contributed by atoms with van der Waals surface area (Å²) in [6.45, 7) is 0.0913. The quantitative estimate of drug-likeness (QED) is 0.550. The number of benzene rings is 2. The number of carbonyl (C=O) groups excluding carboxylic acids is 1. The summed E-state index contributed by atoms with van der Waals surface area (Å²) in [6, 6.07) is 12.0. The zero-order chi connectivity index (χ0) is 18.3. The Kier molecular flexibility index (Phi) is 4.04. The van der Waals surface area contributed by atoms with E-state index in [1.165, 1.54) is 6.07 Å². The van der Waals surface area contributed by atoms with Gasteiger partial charge in [-0.05, 0) is 46.3 Å². The average molecular weight is 415 g/mol. The third-order valence-corrected chi connectivity index (χ3v) is 4.58. The van der Waals surface area contributed by atoms with Gasteiger partial charge in [-0.1, -0.05) is 17.3 Å². The minimum absolute atomic E-state index is 0.0913. The van der Waals surface area contributed by atoms with Crippen LogP contribution < -0.4 is 5.73 Å². The van der Waals surface area contributed by atoms with Gasteiger partial charge >= 0.3 is 0 Å². The number of nitrogens with zero attached hydrogens (tertiary/aromatic N) is 3. The molecule has 0 radical (unpaired) electrons. The number of hydrogen-bond donors (Lipinski definition) is 1. The first-order valence-electron chi connectivity index (χ1n) is 7.68. The van der Waals surface area contributed by atoms with E-state index in [9.17, 15) is 9.18 Å². The molecule has 4 rings (SSSR count). The molecule has 2 aromatic carbocycles. The number of halogens is 2. The van der Waals surface area contributed by atoms with Gasteiger partial charge in [-0.25, -0.2) is 4.39 Å². The Balaban J connectivity index is 1.77. The number of primary amides is 1. The molecule has 0 spiro atoms. The Labute approximate surface area is 155 Å². The van der Waals surface area contributed by atoms with Crippen molar-refractivity contribution >= 4 is 32.7 Å². The van der Waals surface area contributed by atoms with Gasteiger partial charge in [-0.15, -0.1) is 0 Å². The second kappa shape index (κ2) is 6.38. The lowest BCUT2D eigenvalue weighted by Crippen LogP contribution is -2.17. The summed E-state index contributed by atoms with van der Waals surface area (Å²) in [4.78, 5) is 15.6. The molecule has 0 bridgehead atoms. The second-order valence-electron chi connectivity index (χ2n) is 5.70. The van der Waals surface area contributed by atoms with E-state index in [0.717, 1.165) is 16.5 Å². The van der Waals surface area contributed by atoms with Crippen molar-refractivity contribution in [3.8, 4) is 22.8 Å². The number of nitrogens with two attached hydrogens (primary N) is 1. The average Bonchev–Trinajstić information content (AvgIpc) is 3.24. The lowest BCUT2D eigenvalue weighted by Gasteiger charge is -2.03. The van der Waals surface area contributed by atoms with E-state index in [-0.39, 0.29) is 18.3 Å². The van der Waals surface area contributed by atoms with Crippen molar-refractivity contribution in [3.63, 3.8) is 0 Å². The fourth-order valence-electron chi connectivity index (χ4n) is 2.80. The fraction of sp³-hybridized carbons (Fsp3) is 0.0556. The summed E-state index contributed by atoms with van der Waals surface area (Å²) in [5, 5.41) is 4.92. The summed E-state index contributed by atoms with van der Waals surface area (Å²) in [5.41, 5.74) is 7.50. The van der Waals surface area contributed by atoms with Crippen molar-refractivity contribution in [3.05, 3.63) is 59.0 Å². The zero-order valence-electron chi connectivity index (χ0n) is 13.3. The van der Waals surface area contributed by atoms with Crippen LogP contribution in [0.25, 0.3) is 33.7 Å². The molecule has 0 fully saturated rings. The van der Waals surface area contributed by atoms with Crippen LogP contribution in [-0.2, 0) is 11.3 Å². The van der Waals surface area contributed by atoms with Crippen molar-refractivity contribution in [1.82, 2.24) is 14.7 Å². The normalized spacial score (nSPS) is 11.2. The molecule has 2 aromatic heterocycles. The maximum Gasteiger partial charge on any atom is 0.258 e. The molecule has 26 heavy (non-hydrogen) atoms. The third kappa shape index (κ3) is 2.88. The molecule has 0 aliphatic heterocycles. The number of rotatable bonds is 4. The first-order chi connectivity index (χ1) is 12.5. The summed E-state index contributed by atoms with van der Waals surface area (Å²) in [6.07, 6.45) is 1.79. The minimum atomic E-state index is -0.420.